The molecule has 11 heteroatoms. The van der Waals surface area contributed by atoms with Gasteiger partial charge < -0.3 is 15.4 Å². The molecule has 2 N–H and O–H groups in total. The zero-order valence-corrected chi connectivity index (χ0v) is 15.1. The molecule has 0 fully saturated rings. The molecule has 0 aromatic heterocycles. The number of ether oxygens (including phenoxy) is 1. The van der Waals surface area contributed by atoms with Crippen LogP contribution in [-0.2, 0) is 6.18 Å². The molecule has 0 radical (unpaired) electrons. The normalized spacial score (nSPS) is 11.8. The molecule has 0 heterocycles. The molecule has 0 aliphatic rings. The first-order chi connectivity index (χ1) is 13.0. The lowest BCUT2D eigenvalue weighted by Gasteiger charge is -2.15. The first-order valence-corrected chi connectivity index (χ1v) is 8.57. The predicted molar refractivity (Wildman–Crippen MR) is 93.6 cm³/mol. The molecular formula is C17H14F6N2O2S. The van der Waals surface area contributed by atoms with Crippen molar-refractivity contribution in [2.24, 2.45) is 0 Å². The summed E-state index contributed by atoms with van der Waals surface area (Å²) in [5.41, 5.74) is -5.66. The Balaban J connectivity index is 2.12. The van der Waals surface area contributed by atoms with Crippen LogP contribution in [0.5, 0.6) is 5.75 Å². The number of carbonyl (C=O) groups is 1. The van der Waals surface area contributed by atoms with Crippen LogP contribution in [0.1, 0.15) is 12.5 Å². The monoisotopic (exact) mass is 424 g/mol. The molecule has 0 saturated heterocycles. The Hall–Kier alpha value is -2.56. The van der Waals surface area contributed by atoms with Gasteiger partial charge in [0.2, 0.25) is 0 Å². The van der Waals surface area contributed by atoms with E-state index in [1.54, 1.807) is 0 Å². The van der Waals surface area contributed by atoms with Crippen LogP contribution in [0.25, 0.3) is 0 Å². The van der Waals surface area contributed by atoms with Gasteiger partial charge in [0.1, 0.15) is 5.75 Å². The van der Waals surface area contributed by atoms with Gasteiger partial charge in [-0.05, 0) is 55.1 Å². The van der Waals surface area contributed by atoms with Gasteiger partial charge in [0.25, 0.3) is 0 Å². The average Bonchev–Trinajstić information content (AvgIpc) is 2.54. The molecule has 2 aromatic carbocycles. The van der Waals surface area contributed by atoms with E-state index in [9.17, 15) is 31.1 Å². The lowest BCUT2D eigenvalue weighted by atomic mass is 10.1. The number of halogens is 6. The maximum Gasteiger partial charge on any atom is 0.446 e. The number of hydrogen-bond donors (Lipinski definition) is 2. The SMILES string of the molecule is CCOc1ccc(NC(=O)Nc2cccc(SC(F)(F)F)c2)cc1C(F)(F)F. The lowest BCUT2D eigenvalue weighted by molar-refractivity contribution is -0.138. The number of alkyl halides is 6. The molecule has 0 aliphatic carbocycles. The predicted octanol–water partition coefficient (Wildman–Crippen LogP) is 6.36. The highest BCUT2D eigenvalue weighted by atomic mass is 32.2. The van der Waals surface area contributed by atoms with Crippen LogP contribution in [0.3, 0.4) is 0 Å². The van der Waals surface area contributed by atoms with Gasteiger partial charge in [0.05, 0.1) is 12.2 Å². The summed E-state index contributed by atoms with van der Waals surface area (Å²) in [4.78, 5) is 11.8. The third-order valence-corrected chi connectivity index (χ3v) is 3.89. The molecule has 2 amide bonds. The summed E-state index contributed by atoms with van der Waals surface area (Å²) in [6, 6.07) is 7.05. The molecule has 152 valence electrons. The zero-order chi connectivity index (χ0) is 20.9. The second-order valence-corrected chi connectivity index (χ2v) is 6.43. The van der Waals surface area contributed by atoms with Crippen LogP contribution < -0.4 is 15.4 Å². The molecule has 28 heavy (non-hydrogen) atoms. The molecule has 0 saturated carbocycles. The Bertz CT molecular complexity index is 839. The highest BCUT2D eigenvalue weighted by Crippen LogP contribution is 2.39. The fourth-order valence-corrected chi connectivity index (χ4v) is 2.77. The van der Waals surface area contributed by atoms with E-state index < -0.39 is 23.3 Å². The summed E-state index contributed by atoms with van der Waals surface area (Å²) >= 11 is -0.354. The molecule has 2 aromatic rings. The molecule has 4 nitrogen and oxygen atoms in total. The highest BCUT2D eigenvalue weighted by molar-refractivity contribution is 8.00. The Kier molecular flexibility index (Phi) is 6.70. The third-order valence-electron chi connectivity index (χ3n) is 3.17. The van der Waals surface area contributed by atoms with Crippen molar-refractivity contribution in [2.45, 2.75) is 23.5 Å². The topological polar surface area (TPSA) is 50.4 Å². The Morgan fingerprint density at radius 2 is 1.64 bits per heavy atom. The fraction of sp³-hybridized carbons (Fsp3) is 0.235. The van der Waals surface area contributed by atoms with E-state index in [0.717, 1.165) is 12.1 Å². The van der Waals surface area contributed by atoms with E-state index in [1.807, 2.05) is 0 Å². The molecule has 0 aliphatic heterocycles. The number of hydrogen-bond acceptors (Lipinski definition) is 3. The van der Waals surface area contributed by atoms with Gasteiger partial charge in [-0.3, -0.25) is 0 Å². The zero-order valence-electron chi connectivity index (χ0n) is 14.2. The number of benzene rings is 2. The van der Waals surface area contributed by atoms with Gasteiger partial charge in [0.15, 0.2) is 0 Å². The van der Waals surface area contributed by atoms with Gasteiger partial charge in [-0.25, -0.2) is 4.79 Å². The Morgan fingerprint density at radius 3 is 2.21 bits per heavy atom. The molecule has 0 atom stereocenters. The van der Waals surface area contributed by atoms with E-state index in [0.29, 0.717) is 6.07 Å². The van der Waals surface area contributed by atoms with Crippen molar-refractivity contribution in [1.29, 1.82) is 0 Å². The molecule has 0 bridgehead atoms. The second-order valence-electron chi connectivity index (χ2n) is 5.30. The number of amides is 2. The number of nitrogens with one attached hydrogen (secondary N) is 2. The minimum atomic E-state index is -4.69. The quantitative estimate of drug-likeness (QED) is 0.434. The van der Waals surface area contributed by atoms with E-state index in [4.69, 9.17) is 4.74 Å². The number of carbonyl (C=O) groups excluding carboxylic acids is 1. The van der Waals surface area contributed by atoms with Gasteiger partial charge in [-0.2, -0.15) is 26.3 Å². The highest BCUT2D eigenvalue weighted by Gasteiger charge is 2.35. The van der Waals surface area contributed by atoms with Crippen molar-refractivity contribution >= 4 is 29.2 Å². The average molecular weight is 424 g/mol. The van der Waals surface area contributed by atoms with Gasteiger partial charge in [-0.15, -0.1) is 0 Å². The Morgan fingerprint density at radius 1 is 1.00 bits per heavy atom. The van der Waals surface area contributed by atoms with Gasteiger partial charge >= 0.3 is 17.7 Å². The van der Waals surface area contributed by atoms with Crippen LogP contribution in [-0.4, -0.2) is 18.1 Å². The lowest BCUT2D eigenvalue weighted by Crippen LogP contribution is -2.20. The standard InChI is InChI=1S/C17H14F6N2O2S/c1-2-27-14-7-6-11(9-13(14)16(18,19)20)25-15(26)24-10-4-3-5-12(8-10)28-17(21,22)23/h3-9H,2H2,1H3,(H2,24,25,26). The summed E-state index contributed by atoms with van der Waals surface area (Å²) in [6.45, 7) is 1.56. The van der Waals surface area contributed by atoms with Crippen LogP contribution in [0, 0.1) is 0 Å². The summed E-state index contributed by atoms with van der Waals surface area (Å²) in [6.07, 6.45) is -4.69. The van der Waals surface area contributed by atoms with Crippen molar-refractivity contribution in [3.05, 3.63) is 48.0 Å². The number of urea groups is 1. The van der Waals surface area contributed by atoms with Crippen LogP contribution in [0.4, 0.5) is 42.5 Å². The van der Waals surface area contributed by atoms with E-state index in [-0.39, 0.29) is 40.4 Å². The summed E-state index contributed by atoms with van der Waals surface area (Å²) < 4.78 is 81.5. The van der Waals surface area contributed by atoms with Crippen LogP contribution >= 0.6 is 11.8 Å². The molecule has 0 unspecified atom stereocenters. The minimum absolute atomic E-state index is 0.0304. The minimum Gasteiger partial charge on any atom is -0.493 e. The number of rotatable bonds is 5. The first kappa shape index (κ1) is 21.7. The van der Waals surface area contributed by atoms with Crippen molar-refractivity contribution in [2.75, 3.05) is 17.2 Å². The largest absolute Gasteiger partial charge is 0.493 e. The van der Waals surface area contributed by atoms with E-state index in [2.05, 4.69) is 10.6 Å². The maximum atomic E-state index is 13.1. The van der Waals surface area contributed by atoms with Crippen molar-refractivity contribution in [3.8, 4) is 5.75 Å². The first-order valence-electron chi connectivity index (χ1n) is 7.76. The smallest absolute Gasteiger partial charge is 0.446 e. The second kappa shape index (κ2) is 8.63. The number of thioether (sulfide) groups is 1. The summed E-state index contributed by atoms with van der Waals surface area (Å²) in [5, 5.41) is 4.48. The summed E-state index contributed by atoms with van der Waals surface area (Å²) in [5.74, 6) is -0.377. The van der Waals surface area contributed by atoms with Gasteiger partial charge in [-0.1, -0.05) is 6.07 Å². The maximum absolute atomic E-state index is 13.1. The molecule has 2 rings (SSSR count). The van der Waals surface area contributed by atoms with Crippen LogP contribution in [0.2, 0.25) is 0 Å². The van der Waals surface area contributed by atoms with Crippen molar-refractivity contribution < 1.29 is 35.9 Å². The molecule has 0 spiro atoms. The fourth-order valence-electron chi connectivity index (χ4n) is 2.18. The number of anilines is 2. The van der Waals surface area contributed by atoms with Crippen molar-refractivity contribution in [3.63, 3.8) is 0 Å². The summed E-state index contributed by atoms with van der Waals surface area (Å²) in [7, 11) is 0. The van der Waals surface area contributed by atoms with E-state index >= 15 is 0 Å². The third kappa shape index (κ3) is 6.55. The van der Waals surface area contributed by atoms with Crippen LogP contribution in [0.15, 0.2) is 47.4 Å². The van der Waals surface area contributed by atoms with E-state index in [1.165, 1.54) is 31.2 Å². The Labute approximate surface area is 160 Å². The molecular weight excluding hydrogens is 410 g/mol. The van der Waals surface area contributed by atoms with Crippen molar-refractivity contribution in [1.82, 2.24) is 0 Å². The van der Waals surface area contributed by atoms with Gasteiger partial charge in [0, 0.05) is 16.3 Å².